The molecule has 2 rings (SSSR count). The van der Waals surface area contributed by atoms with E-state index in [0.717, 1.165) is 31.9 Å². The third kappa shape index (κ3) is 3.98. The van der Waals surface area contributed by atoms with Crippen LogP contribution in [0.2, 0.25) is 0 Å². The molecule has 2 unspecified atom stereocenters. The fraction of sp³-hybridized carbons (Fsp3) is 0.600. The minimum absolute atomic E-state index is 0.261. The number of nitrogens with zero attached hydrogens (tertiary/aromatic N) is 1. The van der Waals surface area contributed by atoms with E-state index in [1.807, 2.05) is 0 Å². The summed E-state index contributed by atoms with van der Waals surface area (Å²) in [6.07, 6.45) is 3.56. The second kappa shape index (κ2) is 6.44. The van der Waals surface area contributed by atoms with E-state index in [9.17, 15) is 13.9 Å². The molecule has 4 heteroatoms. The van der Waals surface area contributed by atoms with Crippen LogP contribution in [-0.2, 0) is 6.54 Å². The highest BCUT2D eigenvalue weighted by molar-refractivity contribution is 5.18. The van der Waals surface area contributed by atoms with Gasteiger partial charge in [-0.3, -0.25) is 4.90 Å². The fourth-order valence-corrected chi connectivity index (χ4v) is 2.81. The number of halogens is 2. The van der Waals surface area contributed by atoms with Crippen LogP contribution < -0.4 is 0 Å². The minimum atomic E-state index is -0.402. The SMILES string of the molecule is CC(O)CC1CCCCN1Cc1cc(F)ccc1F. The van der Waals surface area contributed by atoms with E-state index in [1.54, 1.807) is 6.92 Å². The molecule has 0 spiro atoms. The molecule has 1 aliphatic rings. The van der Waals surface area contributed by atoms with Crippen LogP contribution in [0.5, 0.6) is 0 Å². The average Bonchev–Trinajstić information content (AvgIpc) is 2.35. The van der Waals surface area contributed by atoms with Crippen molar-refractivity contribution in [1.82, 2.24) is 4.90 Å². The number of aliphatic hydroxyl groups is 1. The molecule has 0 aromatic heterocycles. The van der Waals surface area contributed by atoms with Crippen molar-refractivity contribution in [1.29, 1.82) is 0 Å². The number of aliphatic hydroxyl groups excluding tert-OH is 1. The zero-order valence-corrected chi connectivity index (χ0v) is 11.3. The number of piperidine rings is 1. The topological polar surface area (TPSA) is 23.5 Å². The van der Waals surface area contributed by atoms with Gasteiger partial charge in [0, 0.05) is 18.2 Å². The highest BCUT2D eigenvalue weighted by Crippen LogP contribution is 2.24. The Bertz CT molecular complexity index is 423. The Morgan fingerprint density at radius 1 is 1.37 bits per heavy atom. The molecule has 1 aromatic carbocycles. The molecular weight excluding hydrogens is 248 g/mol. The van der Waals surface area contributed by atoms with E-state index in [1.165, 1.54) is 12.1 Å². The summed E-state index contributed by atoms with van der Waals surface area (Å²) in [5.41, 5.74) is 0.400. The number of hydrogen-bond acceptors (Lipinski definition) is 2. The van der Waals surface area contributed by atoms with Crippen molar-refractivity contribution < 1.29 is 13.9 Å². The lowest BCUT2D eigenvalue weighted by Crippen LogP contribution is -2.40. The normalized spacial score (nSPS) is 22.4. The first-order valence-electron chi connectivity index (χ1n) is 6.92. The Labute approximate surface area is 113 Å². The Kier molecular flexibility index (Phi) is 4.88. The highest BCUT2D eigenvalue weighted by Gasteiger charge is 2.24. The van der Waals surface area contributed by atoms with Gasteiger partial charge < -0.3 is 5.11 Å². The van der Waals surface area contributed by atoms with Gasteiger partial charge in [0.2, 0.25) is 0 Å². The predicted octanol–water partition coefficient (Wildman–Crippen LogP) is 3.09. The van der Waals surface area contributed by atoms with E-state index in [2.05, 4.69) is 4.90 Å². The molecular formula is C15H21F2NO. The van der Waals surface area contributed by atoms with Crippen molar-refractivity contribution in [2.75, 3.05) is 6.54 Å². The van der Waals surface area contributed by atoms with Gasteiger partial charge in [-0.2, -0.15) is 0 Å². The molecule has 0 saturated carbocycles. The first-order chi connectivity index (χ1) is 9.06. The predicted molar refractivity (Wildman–Crippen MR) is 70.7 cm³/mol. The molecule has 1 aliphatic heterocycles. The molecule has 1 fully saturated rings. The van der Waals surface area contributed by atoms with E-state index in [-0.39, 0.29) is 18.0 Å². The van der Waals surface area contributed by atoms with Gasteiger partial charge in [0.25, 0.3) is 0 Å². The number of benzene rings is 1. The molecule has 19 heavy (non-hydrogen) atoms. The average molecular weight is 269 g/mol. The van der Waals surface area contributed by atoms with Gasteiger partial charge >= 0.3 is 0 Å². The molecule has 0 bridgehead atoms. The maximum Gasteiger partial charge on any atom is 0.127 e. The summed E-state index contributed by atoms with van der Waals surface area (Å²) >= 11 is 0. The van der Waals surface area contributed by atoms with Crippen LogP contribution >= 0.6 is 0 Å². The third-order valence-electron chi connectivity index (χ3n) is 3.74. The quantitative estimate of drug-likeness (QED) is 0.908. The fourth-order valence-electron chi connectivity index (χ4n) is 2.81. The summed E-state index contributed by atoms with van der Waals surface area (Å²) in [5, 5.41) is 9.53. The van der Waals surface area contributed by atoms with Gasteiger partial charge in [0.15, 0.2) is 0 Å². The zero-order chi connectivity index (χ0) is 13.8. The summed E-state index contributed by atoms with van der Waals surface area (Å²) in [7, 11) is 0. The van der Waals surface area contributed by atoms with Crippen molar-refractivity contribution in [2.24, 2.45) is 0 Å². The maximum absolute atomic E-state index is 13.7. The first kappa shape index (κ1) is 14.4. The van der Waals surface area contributed by atoms with Crippen molar-refractivity contribution in [3.05, 3.63) is 35.4 Å². The Hall–Kier alpha value is -1.00. The van der Waals surface area contributed by atoms with Gasteiger partial charge in [-0.05, 0) is 50.9 Å². The molecule has 1 aromatic rings. The number of rotatable bonds is 4. The largest absolute Gasteiger partial charge is 0.393 e. The summed E-state index contributed by atoms with van der Waals surface area (Å²) in [5.74, 6) is -0.761. The second-order valence-electron chi connectivity index (χ2n) is 5.44. The smallest absolute Gasteiger partial charge is 0.127 e. The zero-order valence-electron chi connectivity index (χ0n) is 11.3. The van der Waals surface area contributed by atoms with E-state index < -0.39 is 5.82 Å². The second-order valence-corrected chi connectivity index (χ2v) is 5.44. The van der Waals surface area contributed by atoms with Crippen LogP contribution in [0.15, 0.2) is 18.2 Å². The third-order valence-corrected chi connectivity index (χ3v) is 3.74. The molecule has 106 valence electrons. The molecule has 1 heterocycles. The van der Waals surface area contributed by atoms with Gasteiger partial charge in [0.05, 0.1) is 6.10 Å². The molecule has 1 saturated heterocycles. The van der Waals surface area contributed by atoms with Crippen molar-refractivity contribution in [3.63, 3.8) is 0 Å². The highest BCUT2D eigenvalue weighted by atomic mass is 19.1. The van der Waals surface area contributed by atoms with Crippen LogP contribution in [0.25, 0.3) is 0 Å². The van der Waals surface area contributed by atoms with Gasteiger partial charge in [-0.25, -0.2) is 8.78 Å². The monoisotopic (exact) mass is 269 g/mol. The number of likely N-dealkylation sites (tertiary alicyclic amines) is 1. The molecule has 2 nitrogen and oxygen atoms in total. The summed E-state index contributed by atoms with van der Waals surface area (Å²) < 4.78 is 26.9. The maximum atomic E-state index is 13.7. The van der Waals surface area contributed by atoms with Crippen LogP contribution in [-0.4, -0.2) is 28.7 Å². The lowest BCUT2D eigenvalue weighted by molar-refractivity contribution is 0.0809. The van der Waals surface area contributed by atoms with Crippen LogP contribution in [0.1, 0.15) is 38.2 Å². The Morgan fingerprint density at radius 2 is 2.16 bits per heavy atom. The molecule has 1 N–H and O–H groups in total. The van der Waals surface area contributed by atoms with Crippen molar-refractivity contribution >= 4 is 0 Å². The van der Waals surface area contributed by atoms with E-state index in [0.29, 0.717) is 18.5 Å². The first-order valence-corrected chi connectivity index (χ1v) is 6.92. The van der Waals surface area contributed by atoms with Crippen molar-refractivity contribution in [2.45, 2.75) is 51.3 Å². The molecule has 0 amide bonds. The van der Waals surface area contributed by atoms with Crippen LogP contribution in [0.4, 0.5) is 8.78 Å². The lowest BCUT2D eigenvalue weighted by Gasteiger charge is -2.36. The van der Waals surface area contributed by atoms with Crippen molar-refractivity contribution in [3.8, 4) is 0 Å². The minimum Gasteiger partial charge on any atom is -0.393 e. The number of hydrogen-bond donors (Lipinski definition) is 1. The van der Waals surface area contributed by atoms with Gasteiger partial charge in [-0.1, -0.05) is 6.42 Å². The lowest BCUT2D eigenvalue weighted by atomic mass is 9.96. The summed E-state index contributed by atoms with van der Waals surface area (Å²) in [6, 6.07) is 3.85. The summed E-state index contributed by atoms with van der Waals surface area (Å²) in [6.45, 7) is 3.07. The molecule has 2 atom stereocenters. The van der Waals surface area contributed by atoms with E-state index >= 15 is 0 Å². The molecule has 0 radical (unpaired) electrons. The van der Waals surface area contributed by atoms with Gasteiger partial charge in [-0.15, -0.1) is 0 Å². The van der Waals surface area contributed by atoms with Crippen LogP contribution in [0.3, 0.4) is 0 Å². The molecule has 0 aliphatic carbocycles. The standard InChI is InChI=1S/C15H21F2NO/c1-11(19)8-14-4-2-3-7-18(14)10-12-9-13(16)5-6-15(12)17/h5-6,9,11,14,19H,2-4,7-8,10H2,1H3. The Morgan fingerprint density at radius 3 is 2.89 bits per heavy atom. The summed E-state index contributed by atoms with van der Waals surface area (Å²) in [4.78, 5) is 2.16. The van der Waals surface area contributed by atoms with Gasteiger partial charge in [0.1, 0.15) is 11.6 Å². The van der Waals surface area contributed by atoms with E-state index in [4.69, 9.17) is 0 Å². The van der Waals surface area contributed by atoms with Crippen LogP contribution in [0, 0.1) is 11.6 Å². The Balaban J connectivity index is 2.08.